The van der Waals surface area contributed by atoms with E-state index in [1.807, 2.05) is 31.4 Å². The SMILES string of the molecule is COC[C@H](NCc1cc(=O)n2c(C)csc2n1)c1ccc(C)o1. The second kappa shape index (κ2) is 6.66. The number of methoxy groups -OCH3 is 1. The minimum Gasteiger partial charge on any atom is -0.465 e. The fourth-order valence-electron chi connectivity index (χ4n) is 2.47. The predicted octanol–water partition coefficient (Wildman–Crippen LogP) is 2.44. The lowest BCUT2D eigenvalue weighted by atomic mass is 10.2. The van der Waals surface area contributed by atoms with Crippen LogP contribution in [0, 0.1) is 13.8 Å². The van der Waals surface area contributed by atoms with E-state index in [9.17, 15) is 4.79 Å². The Balaban J connectivity index is 1.79. The summed E-state index contributed by atoms with van der Waals surface area (Å²) in [5.41, 5.74) is 1.56. The van der Waals surface area contributed by atoms with Crippen molar-refractivity contribution in [3.63, 3.8) is 0 Å². The van der Waals surface area contributed by atoms with Crippen LogP contribution in [0.15, 0.2) is 32.8 Å². The lowest BCUT2D eigenvalue weighted by molar-refractivity contribution is 0.156. The molecule has 23 heavy (non-hydrogen) atoms. The molecular formula is C16H19N3O3S. The lowest BCUT2D eigenvalue weighted by Crippen LogP contribution is -2.26. The van der Waals surface area contributed by atoms with Gasteiger partial charge in [-0.15, -0.1) is 11.3 Å². The number of ether oxygens (including phenoxy) is 1. The molecule has 6 nitrogen and oxygen atoms in total. The molecule has 0 amide bonds. The summed E-state index contributed by atoms with van der Waals surface area (Å²) < 4.78 is 12.5. The molecule has 3 rings (SSSR count). The van der Waals surface area contributed by atoms with Gasteiger partial charge in [0.15, 0.2) is 4.96 Å². The number of fused-ring (bicyclic) bond motifs is 1. The summed E-state index contributed by atoms with van der Waals surface area (Å²) in [5.74, 6) is 1.67. The van der Waals surface area contributed by atoms with Gasteiger partial charge in [0.05, 0.1) is 18.3 Å². The maximum atomic E-state index is 12.2. The van der Waals surface area contributed by atoms with Crippen molar-refractivity contribution in [2.75, 3.05) is 13.7 Å². The van der Waals surface area contributed by atoms with Gasteiger partial charge in [-0.2, -0.15) is 0 Å². The number of nitrogens with zero attached hydrogens (tertiary/aromatic N) is 2. The maximum absolute atomic E-state index is 12.2. The van der Waals surface area contributed by atoms with Gasteiger partial charge in [-0.05, 0) is 26.0 Å². The first-order valence-electron chi connectivity index (χ1n) is 7.34. The van der Waals surface area contributed by atoms with Gasteiger partial charge >= 0.3 is 0 Å². The highest BCUT2D eigenvalue weighted by Gasteiger charge is 2.15. The average Bonchev–Trinajstić information content (AvgIpc) is 3.10. The third-order valence-electron chi connectivity index (χ3n) is 3.60. The molecule has 0 spiro atoms. The summed E-state index contributed by atoms with van der Waals surface area (Å²) >= 11 is 1.47. The molecule has 3 heterocycles. The van der Waals surface area contributed by atoms with E-state index >= 15 is 0 Å². The topological polar surface area (TPSA) is 68.8 Å². The maximum Gasteiger partial charge on any atom is 0.259 e. The molecule has 0 aromatic carbocycles. The van der Waals surface area contributed by atoms with Crippen LogP contribution in [0.3, 0.4) is 0 Å². The Morgan fingerprint density at radius 1 is 1.43 bits per heavy atom. The number of hydrogen-bond acceptors (Lipinski definition) is 6. The molecule has 3 aromatic rings. The Labute approximate surface area is 137 Å². The van der Waals surface area contributed by atoms with E-state index < -0.39 is 0 Å². The quantitative estimate of drug-likeness (QED) is 0.750. The molecule has 0 saturated heterocycles. The van der Waals surface area contributed by atoms with E-state index in [0.29, 0.717) is 23.8 Å². The number of nitrogens with one attached hydrogen (secondary N) is 1. The van der Waals surface area contributed by atoms with Crippen molar-refractivity contribution in [2.45, 2.75) is 26.4 Å². The first kappa shape index (κ1) is 15.9. The first-order valence-corrected chi connectivity index (χ1v) is 8.22. The number of thiazole rings is 1. The smallest absolute Gasteiger partial charge is 0.259 e. The van der Waals surface area contributed by atoms with E-state index in [0.717, 1.165) is 17.2 Å². The van der Waals surface area contributed by atoms with Gasteiger partial charge in [-0.3, -0.25) is 14.5 Å². The van der Waals surface area contributed by atoms with Crippen LogP contribution >= 0.6 is 11.3 Å². The first-order chi connectivity index (χ1) is 11.1. The van der Waals surface area contributed by atoms with E-state index in [-0.39, 0.29) is 11.6 Å². The highest BCUT2D eigenvalue weighted by atomic mass is 32.1. The molecule has 3 aromatic heterocycles. The fraction of sp³-hybridized carbons (Fsp3) is 0.375. The van der Waals surface area contributed by atoms with Crippen molar-refractivity contribution in [3.8, 4) is 0 Å². The Hall–Kier alpha value is -1.96. The molecule has 0 bridgehead atoms. The second-order valence-corrected chi connectivity index (χ2v) is 6.25. The van der Waals surface area contributed by atoms with Crippen molar-refractivity contribution >= 4 is 16.3 Å². The molecule has 0 aliphatic heterocycles. The molecule has 0 aliphatic carbocycles. The molecule has 7 heteroatoms. The number of aryl methyl sites for hydroxylation is 2. The van der Waals surface area contributed by atoms with Gasteiger partial charge in [0, 0.05) is 30.8 Å². The summed E-state index contributed by atoms with van der Waals surface area (Å²) in [6, 6.07) is 5.33. The minimum absolute atomic E-state index is 0.0531. The average molecular weight is 333 g/mol. The van der Waals surface area contributed by atoms with Crippen molar-refractivity contribution in [1.82, 2.24) is 14.7 Å². The molecule has 0 unspecified atom stereocenters. The Morgan fingerprint density at radius 2 is 2.26 bits per heavy atom. The van der Waals surface area contributed by atoms with Crippen LogP contribution in [-0.4, -0.2) is 23.1 Å². The van der Waals surface area contributed by atoms with Crippen LogP contribution in [0.1, 0.15) is 29.0 Å². The summed E-state index contributed by atoms with van der Waals surface area (Å²) in [6.45, 7) is 4.75. The number of hydrogen-bond donors (Lipinski definition) is 1. The van der Waals surface area contributed by atoms with E-state index in [2.05, 4.69) is 10.3 Å². The number of aromatic nitrogens is 2. The van der Waals surface area contributed by atoms with Crippen LogP contribution in [0.4, 0.5) is 0 Å². The van der Waals surface area contributed by atoms with E-state index in [4.69, 9.17) is 9.15 Å². The summed E-state index contributed by atoms with van der Waals surface area (Å²) in [5, 5.41) is 5.27. The van der Waals surface area contributed by atoms with Crippen molar-refractivity contribution < 1.29 is 9.15 Å². The van der Waals surface area contributed by atoms with Gasteiger partial charge in [-0.1, -0.05) is 0 Å². The Kier molecular flexibility index (Phi) is 4.61. The minimum atomic E-state index is -0.0842. The van der Waals surface area contributed by atoms with Crippen LogP contribution in [-0.2, 0) is 11.3 Å². The van der Waals surface area contributed by atoms with Crippen LogP contribution in [0.2, 0.25) is 0 Å². The number of furan rings is 1. The molecule has 0 aliphatic rings. The van der Waals surface area contributed by atoms with Crippen LogP contribution in [0.5, 0.6) is 0 Å². The van der Waals surface area contributed by atoms with Gasteiger partial charge in [-0.25, -0.2) is 4.98 Å². The zero-order valence-corrected chi connectivity index (χ0v) is 14.1. The molecular weight excluding hydrogens is 314 g/mol. The summed E-state index contributed by atoms with van der Waals surface area (Å²) in [4.78, 5) is 17.4. The largest absolute Gasteiger partial charge is 0.465 e. The van der Waals surface area contributed by atoms with Crippen LogP contribution in [0.25, 0.3) is 4.96 Å². The van der Waals surface area contributed by atoms with E-state index in [1.165, 1.54) is 11.3 Å². The number of rotatable bonds is 6. The summed E-state index contributed by atoms with van der Waals surface area (Å²) in [6.07, 6.45) is 0. The molecule has 1 atom stereocenters. The fourth-order valence-corrected chi connectivity index (χ4v) is 3.36. The van der Waals surface area contributed by atoms with Gasteiger partial charge in [0.1, 0.15) is 11.5 Å². The highest BCUT2D eigenvalue weighted by Crippen LogP contribution is 2.17. The molecule has 122 valence electrons. The Morgan fingerprint density at radius 3 is 2.96 bits per heavy atom. The summed E-state index contributed by atoms with van der Waals surface area (Å²) in [7, 11) is 1.65. The van der Waals surface area contributed by atoms with E-state index in [1.54, 1.807) is 17.6 Å². The zero-order chi connectivity index (χ0) is 16.4. The third kappa shape index (κ3) is 3.36. The van der Waals surface area contributed by atoms with Gasteiger partial charge in [0.25, 0.3) is 5.56 Å². The van der Waals surface area contributed by atoms with Gasteiger partial charge < -0.3 is 9.15 Å². The molecule has 0 saturated carbocycles. The normalized spacial score (nSPS) is 12.8. The van der Waals surface area contributed by atoms with Crippen molar-refractivity contribution in [1.29, 1.82) is 0 Å². The predicted molar refractivity (Wildman–Crippen MR) is 89.0 cm³/mol. The standard InChI is InChI=1S/C16H19N3O3S/c1-10-9-23-16-18-12(6-15(20)19(10)16)7-17-13(8-21-3)14-5-4-11(2)22-14/h4-6,9,13,17H,7-8H2,1-3H3/t13-/m0/s1. The highest BCUT2D eigenvalue weighted by molar-refractivity contribution is 7.15. The zero-order valence-electron chi connectivity index (χ0n) is 13.3. The third-order valence-corrected chi connectivity index (χ3v) is 4.54. The van der Waals surface area contributed by atoms with Gasteiger partial charge in [0.2, 0.25) is 0 Å². The molecule has 0 fully saturated rings. The van der Waals surface area contributed by atoms with Crippen molar-refractivity contribution in [2.24, 2.45) is 0 Å². The lowest BCUT2D eigenvalue weighted by Gasteiger charge is -2.15. The Bertz CT molecular complexity index is 865. The monoisotopic (exact) mass is 333 g/mol. The second-order valence-electron chi connectivity index (χ2n) is 5.42. The van der Waals surface area contributed by atoms with Crippen LogP contribution < -0.4 is 10.9 Å². The van der Waals surface area contributed by atoms with Crippen molar-refractivity contribution in [3.05, 3.63) is 56.8 Å². The molecule has 1 N–H and O–H groups in total. The molecule has 0 radical (unpaired) electrons.